The van der Waals surface area contributed by atoms with Gasteiger partial charge in [-0.2, -0.15) is 0 Å². The van der Waals surface area contributed by atoms with Crippen LogP contribution in [0.25, 0.3) is 10.9 Å². The quantitative estimate of drug-likeness (QED) is 0.780. The third-order valence-electron chi connectivity index (χ3n) is 3.04. The van der Waals surface area contributed by atoms with Gasteiger partial charge in [0.05, 0.1) is 11.2 Å². The van der Waals surface area contributed by atoms with Crippen molar-refractivity contribution >= 4 is 44.2 Å². The second-order valence-corrected chi connectivity index (χ2v) is 5.36. The van der Waals surface area contributed by atoms with Crippen LogP contribution >= 0.6 is 27.5 Å². The highest BCUT2D eigenvalue weighted by Gasteiger charge is 2.22. The van der Waals surface area contributed by atoms with Crippen molar-refractivity contribution in [2.75, 3.05) is 0 Å². The Labute approximate surface area is 106 Å². The normalized spacial score (nSPS) is 15.5. The van der Waals surface area contributed by atoms with E-state index >= 15 is 0 Å². The Hall–Kier alpha value is -0.800. The fourth-order valence-corrected chi connectivity index (χ4v) is 3.23. The average Bonchev–Trinajstić information content (AvgIpc) is 2.59. The Kier molecular flexibility index (Phi) is 2.33. The molecular weight excluding hydrogens is 289 g/mol. The van der Waals surface area contributed by atoms with Crippen LogP contribution in [0.3, 0.4) is 0 Å². The molecule has 0 spiro atoms. The van der Waals surface area contributed by atoms with Crippen LogP contribution in [0.5, 0.6) is 0 Å². The van der Waals surface area contributed by atoms with E-state index < -0.39 is 0 Å². The Morgan fingerprint density at radius 2 is 2.12 bits per heavy atom. The van der Waals surface area contributed by atoms with Crippen molar-refractivity contribution in [3.63, 3.8) is 0 Å². The van der Waals surface area contributed by atoms with Gasteiger partial charge in [0.2, 0.25) is 0 Å². The predicted molar refractivity (Wildman–Crippen MR) is 68.3 cm³/mol. The van der Waals surface area contributed by atoms with Crippen LogP contribution in [0.15, 0.2) is 16.6 Å². The summed E-state index contributed by atoms with van der Waals surface area (Å²) in [5, 5.41) is 1.77. The monoisotopic (exact) mass is 297 g/mol. The minimum absolute atomic E-state index is 0.209. The van der Waals surface area contributed by atoms with E-state index in [1.165, 1.54) is 0 Å². The molecule has 1 aliphatic rings. The van der Waals surface area contributed by atoms with Crippen LogP contribution in [0.2, 0.25) is 5.02 Å². The number of carbonyl (C=O) groups excluding carboxylic acids is 1. The SMILES string of the molecule is O=C1CCCc2c1[nH]c1c(Br)cc(Cl)cc21. The summed E-state index contributed by atoms with van der Waals surface area (Å²) in [5.74, 6) is 0.209. The summed E-state index contributed by atoms with van der Waals surface area (Å²) in [5.41, 5.74) is 2.86. The van der Waals surface area contributed by atoms with Crippen molar-refractivity contribution in [2.24, 2.45) is 0 Å². The molecule has 16 heavy (non-hydrogen) atoms. The lowest BCUT2D eigenvalue weighted by Gasteiger charge is -2.09. The number of aromatic nitrogens is 1. The summed E-state index contributed by atoms with van der Waals surface area (Å²) in [6, 6.07) is 3.77. The molecule has 0 fully saturated rings. The molecule has 0 bridgehead atoms. The molecule has 3 rings (SSSR count). The van der Waals surface area contributed by atoms with Gasteiger partial charge in [-0.1, -0.05) is 11.6 Å². The van der Waals surface area contributed by atoms with Crippen molar-refractivity contribution in [1.82, 2.24) is 4.98 Å². The molecule has 2 aromatic rings. The van der Waals surface area contributed by atoms with Crippen LogP contribution in [0.1, 0.15) is 28.9 Å². The summed E-state index contributed by atoms with van der Waals surface area (Å²) < 4.78 is 0.914. The maximum atomic E-state index is 11.8. The largest absolute Gasteiger partial charge is 0.351 e. The van der Waals surface area contributed by atoms with Gasteiger partial charge >= 0.3 is 0 Å². The number of rotatable bonds is 0. The molecule has 0 saturated heterocycles. The molecule has 0 amide bonds. The lowest BCUT2D eigenvalue weighted by molar-refractivity contribution is 0.0968. The van der Waals surface area contributed by atoms with Gasteiger partial charge in [0, 0.05) is 21.3 Å². The summed E-state index contributed by atoms with van der Waals surface area (Å²) in [6.07, 6.45) is 2.53. The molecule has 0 aliphatic heterocycles. The second-order valence-electron chi connectivity index (χ2n) is 4.07. The van der Waals surface area contributed by atoms with Crippen molar-refractivity contribution in [3.05, 3.63) is 32.9 Å². The molecule has 1 aromatic heterocycles. The first-order valence-electron chi connectivity index (χ1n) is 5.19. The topological polar surface area (TPSA) is 32.9 Å². The zero-order valence-electron chi connectivity index (χ0n) is 8.44. The third kappa shape index (κ3) is 1.42. The van der Waals surface area contributed by atoms with Gasteiger partial charge in [-0.15, -0.1) is 0 Å². The number of halogens is 2. The van der Waals surface area contributed by atoms with Crippen molar-refractivity contribution < 1.29 is 4.79 Å². The van der Waals surface area contributed by atoms with Crippen molar-refractivity contribution in [2.45, 2.75) is 19.3 Å². The highest BCUT2D eigenvalue weighted by atomic mass is 79.9. The summed E-state index contributed by atoms with van der Waals surface area (Å²) >= 11 is 9.50. The Morgan fingerprint density at radius 3 is 2.94 bits per heavy atom. The Balaban J connectivity index is 2.40. The molecular formula is C12H9BrClNO. The van der Waals surface area contributed by atoms with E-state index in [4.69, 9.17) is 11.6 Å². The number of hydrogen-bond donors (Lipinski definition) is 1. The predicted octanol–water partition coefficient (Wildman–Crippen LogP) is 4.10. The maximum absolute atomic E-state index is 11.8. The van der Waals surface area contributed by atoms with Crippen LogP contribution < -0.4 is 0 Å². The number of carbonyl (C=O) groups is 1. The molecule has 82 valence electrons. The minimum atomic E-state index is 0.209. The smallest absolute Gasteiger partial charge is 0.179 e. The van der Waals surface area contributed by atoms with Gasteiger partial charge in [0.1, 0.15) is 0 Å². The zero-order valence-corrected chi connectivity index (χ0v) is 10.8. The number of benzene rings is 1. The van der Waals surface area contributed by atoms with E-state index in [2.05, 4.69) is 20.9 Å². The van der Waals surface area contributed by atoms with E-state index in [1.54, 1.807) is 0 Å². The fraction of sp³-hybridized carbons (Fsp3) is 0.250. The van der Waals surface area contributed by atoms with Gasteiger partial charge < -0.3 is 4.98 Å². The number of ketones is 1. The number of H-pyrrole nitrogens is 1. The molecule has 1 aliphatic carbocycles. The first-order chi connectivity index (χ1) is 7.66. The summed E-state index contributed by atoms with van der Waals surface area (Å²) in [6.45, 7) is 0. The van der Waals surface area contributed by atoms with Gasteiger partial charge in [0.25, 0.3) is 0 Å². The highest BCUT2D eigenvalue weighted by molar-refractivity contribution is 9.10. The van der Waals surface area contributed by atoms with E-state index in [9.17, 15) is 4.79 Å². The van der Waals surface area contributed by atoms with Gasteiger partial charge in [-0.3, -0.25) is 4.79 Å². The molecule has 0 unspecified atom stereocenters. The number of hydrogen-bond acceptors (Lipinski definition) is 1. The number of Topliss-reactive ketones (excluding diaryl/α,β-unsaturated/α-hetero) is 1. The summed E-state index contributed by atoms with van der Waals surface area (Å²) in [4.78, 5) is 15.0. The highest BCUT2D eigenvalue weighted by Crippen LogP contribution is 2.34. The molecule has 4 heteroatoms. The van der Waals surface area contributed by atoms with Crippen LogP contribution in [-0.4, -0.2) is 10.8 Å². The first kappa shape index (κ1) is 10.4. The minimum Gasteiger partial charge on any atom is -0.351 e. The Bertz CT molecular complexity index is 603. The fourth-order valence-electron chi connectivity index (χ4n) is 2.32. The number of fused-ring (bicyclic) bond motifs is 3. The maximum Gasteiger partial charge on any atom is 0.179 e. The second kappa shape index (κ2) is 3.60. The van der Waals surface area contributed by atoms with E-state index in [1.807, 2.05) is 12.1 Å². The molecule has 1 heterocycles. The number of nitrogens with one attached hydrogen (secondary N) is 1. The molecule has 1 aromatic carbocycles. The van der Waals surface area contributed by atoms with Crippen LogP contribution in [-0.2, 0) is 6.42 Å². The van der Waals surface area contributed by atoms with E-state index in [0.717, 1.165) is 39.5 Å². The van der Waals surface area contributed by atoms with Gasteiger partial charge in [0.15, 0.2) is 5.78 Å². The third-order valence-corrected chi connectivity index (χ3v) is 3.88. The molecule has 1 N–H and O–H groups in total. The number of aromatic amines is 1. The Morgan fingerprint density at radius 1 is 1.31 bits per heavy atom. The van der Waals surface area contributed by atoms with Gasteiger partial charge in [-0.25, -0.2) is 0 Å². The van der Waals surface area contributed by atoms with Crippen molar-refractivity contribution in [1.29, 1.82) is 0 Å². The zero-order chi connectivity index (χ0) is 11.3. The average molecular weight is 299 g/mol. The van der Waals surface area contributed by atoms with Crippen molar-refractivity contribution in [3.8, 4) is 0 Å². The van der Waals surface area contributed by atoms with Crippen LogP contribution in [0.4, 0.5) is 0 Å². The van der Waals surface area contributed by atoms with Crippen LogP contribution in [0, 0.1) is 0 Å². The van der Waals surface area contributed by atoms with E-state index in [-0.39, 0.29) is 5.78 Å². The lowest BCUT2D eigenvalue weighted by atomic mass is 9.95. The molecule has 2 nitrogen and oxygen atoms in total. The first-order valence-corrected chi connectivity index (χ1v) is 6.36. The molecule has 0 radical (unpaired) electrons. The van der Waals surface area contributed by atoms with Gasteiger partial charge in [-0.05, 0) is 46.5 Å². The lowest BCUT2D eigenvalue weighted by Crippen LogP contribution is -2.09. The summed E-state index contributed by atoms with van der Waals surface area (Å²) in [7, 11) is 0. The molecule has 0 atom stereocenters. The number of aryl methyl sites for hydroxylation is 1. The van der Waals surface area contributed by atoms with E-state index in [0.29, 0.717) is 11.4 Å². The standard InChI is InChI=1S/C12H9BrClNO/c13-9-5-6(14)4-8-7-2-1-3-10(16)12(7)15-11(8)9/h4-5,15H,1-3H2. The molecule has 0 saturated carbocycles.